The second-order valence-corrected chi connectivity index (χ2v) is 6.81. The van der Waals surface area contributed by atoms with Crippen molar-refractivity contribution in [3.05, 3.63) is 36.7 Å². The number of benzene rings is 1. The molecule has 5 rings (SSSR count). The molecule has 8 heteroatoms. The summed E-state index contributed by atoms with van der Waals surface area (Å²) in [6.07, 6.45) is 3.81. The predicted molar refractivity (Wildman–Crippen MR) is 104 cm³/mol. The Hall–Kier alpha value is -2.97. The van der Waals surface area contributed by atoms with E-state index >= 15 is 0 Å². The summed E-state index contributed by atoms with van der Waals surface area (Å²) in [6.45, 7) is 5.34. The van der Waals surface area contributed by atoms with Crippen molar-refractivity contribution in [1.82, 2.24) is 29.9 Å². The van der Waals surface area contributed by atoms with Crippen molar-refractivity contribution in [2.24, 2.45) is 0 Å². The number of rotatable bonds is 4. The zero-order valence-electron chi connectivity index (χ0n) is 14.9. The quantitative estimate of drug-likeness (QED) is 0.575. The predicted octanol–water partition coefficient (Wildman–Crippen LogP) is 1.89. The third-order valence-corrected chi connectivity index (χ3v) is 5.09. The fraction of sp³-hybridized carbons (Fsp3) is 0.316. The van der Waals surface area contributed by atoms with E-state index in [0.717, 1.165) is 72.5 Å². The summed E-state index contributed by atoms with van der Waals surface area (Å²) in [7, 11) is 0. The van der Waals surface area contributed by atoms with E-state index in [1.54, 1.807) is 6.20 Å². The number of ether oxygens (including phenoxy) is 1. The van der Waals surface area contributed by atoms with Crippen LogP contribution in [0.25, 0.3) is 33.1 Å². The Bertz CT molecular complexity index is 1080. The average Bonchev–Trinajstić information content (AvgIpc) is 3.37. The van der Waals surface area contributed by atoms with Crippen molar-refractivity contribution >= 4 is 27.6 Å². The molecule has 1 saturated heterocycles. The van der Waals surface area contributed by atoms with Gasteiger partial charge in [-0.15, -0.1) is 0 Å². The lowest BCUT2D eigenvalue weighted by Crippen LogP contribution is -2.38. The molecule has 4 heterocycles. The molecule has 1 aliphatic heterocycles. The maximum absolute atomic E-state index is 6.21. The molecule has 0 radical (unpaired) electrons. The van der Waals surface area contributed by atoms with Gasteiger partial charge in [0, 0.05) is 48.4 Å². The van der Waals surface area contributed by atoms with Gasteiger partial charge in [0.2, 0.25) is 0 Å². The Morgan fingerprint density at radius 2 is 2.00 bits per heavy atom. The average molecular weight is 363 g/mol. The maximum Gasteiger partial charge on any atom is 0.152 e. The number of pyridine rings is 1. The molecule has 1 aliphatic rings. The molecule has 0 amide bonds. The van der Waals surface area contributed by atoms with Crippen LogP contribution in [0.15, 0.2) is 36.7 Å². The van der Waals surface area contributed by atoms with Gasteiger partial charge >= 0.3 is 0 Å². The molecule has 1 fully saturated rings. The van der Waals surface area contributed by atoms with Crippen molar-refractivity contribution in [2.45, 2.75) is 6.54 Å². The van der Waals surface area contributed by atoms with Crippen LogP contribution in [0.2, 0.25) is 0 Å². The molecule has 8 nitrogen and oxygen atoms in total. The summed E-state index contributed by atoms with van der Waals surface area (Å²) in [5.41, 5.74) is 9.82. The first-order valence-electron chi connectivity index (χ1n) is 9.14. The van der Waals surface area contributed by atoms with Gasteiger partial charge in [0.15, 0.2) is 5.82 Å². The molecular weight excluding hydrogens is 342 g/mol. The molecule has 0 bridgehead atoms. The van der Waals surface area contributed by atoms with E-state index in [4.69, 9.17) is 10.5 Å². The number of fused-ring (bicyclic) bond motifs is 3. The number of H-pyrrole nitrogens is 1. The minimum absolute atomic E-state index is 0.462. The number of morpholine rings is 1. The molecule has 3 N–H and O–H groups in total. The van der Waals surface area contributed by atoms with Crippen LogP contribution >= 0.6 is 0 Å². The maximum atomic E-state index is 6.21. The SMILES string of the molecule is Nc1nc2cc(-c3ccn[nH]3)ccc2c2cn(CCN3CCOCC3)nc12. The van der Waals surface area contributed by atoms with Crippen molar-refractivity contribution in [3.63, 3.8) is 0 Å². The van der Waals surface area contributed by atoms with E-state index in [-0.39, 0.29) is 0 Å². The van der Waals surface area contributed by atoms with E-state index in [1.165, 1.54) is 0 Å². The summed E-state index contributed by atoms with van der Waals surface area (Å²) < 4.78 is 7.38. The molecule has 0 aliphatic carbocycles. The topological polar surface area (TPSA) is 97.9 Å². The Morgan fingerprint density at radius 1 is 1.11 bits per heavy atom. The molecule has 0 saturated carbocycles. The summed E-state index contributed by atoms with van der Waals surface area (Å²) in [4.78, 5) is 6.97. The van der Waals surface area contributed by atoms with E-state index in [9.17, 15) is 0 Å². The van der Waals surface area contributed by atoms with Gasteiger partial charge in [-0.05, 0) is 12.1 Å². The smallest absolute Gasteiger partial charge is 0.152 e. The normalized spacial score (nSPS) is 15.7. The van der Waals surface area contributed by atoms with E-state index in [2.05, 4.69) is 43.5 Å². The fourth-order valence-electron chi connectivity index (χ4n) is 3.61. The summed E-state index contributed by atoms with van der Waals surface area (Å²) >= 11 is 0. The summed E-state index contributed by atoms with van der Waals surface area (Å²) in [6, 6.07) is 8.11. The third-order valence-electron chi connectivity index (χ3n) is 5.09. The van der Waals surface area contributed by atoms with E-state index in [1.807, 2.05) is 16.8 Å². The summed E-state index contributed by atoms with van der Waals surface area (Å²) in [5, 5.41) is 13.8. The van der Waals surface area contributed by atoms with Crippen LogP contribution in [-0.4, -0.2) is 62.7 Å². The monoisotopic (exact) mass is 363 g/mol. The molecule has 1 aromatic carbocycles. The number of nitrogens with one attached hydrogen (secondary N) is 1. The van der Waals surface area contributed by atoms with Crippen LogP contribution in [0, 0.1) is 0 Å². The van der Waals surface area contributed by atoms with Crippen molar-refractivity contribution in [2.75, 3.05) is 38.6 Å². The lowest BCUT2D eigenvalue weighted by atomic mass is 10.1. The Balaban J connectivity index is 1.49. The standard InChI is InChI=1S/C19H21N7O/c20-19-18-15(12-26(24-18)6-5-25-7-9-27-10-8-25)14-2-1-13(11-17(14)22-19)16-3-4-21-23-16/h1-4,11-12H,5-10H2,(H2,20,22)(H,21,23). The first-order chi connectivity index (χ1) is 13.3. The molecule has 0 atom stereocenters. The second kappa shape index (κ2) is 6.64. The number of aromatic amines is 1. The first-order valence-corrected chi connectivity index (χ1v) is 9.14. The van der Waals surface area contributed by atoms with Gasteiger partial charge in [-0.3, -0.25) is 14.7 Å². The van der Waals surface area contributed by atoms with Gasteiger partial charge < -0.3 is 10.5 Å². The van der Waals surface area contributed by atoms with Crippen molar-refractivity contribution in [3.8, 4) is 11.3 Å². The third kappa shape index (κ3) is 3.02. The van der Waals surface area contributed by atoms with Crippen LogP contribution in [-0.2, 0) is 11.3 Å². The number of nitrogens with zero attached hydrogens (tertiary/aromatic N) is 5. The molecule has 4 aromatic rings. The van der Waals surface area contributed by atoms with Crippen molar-refractivity contribution < 1.29 is 4.74 Å². The highest BCUT2D eigenvalue weighted by atomic mass is 16.5. The van der Waals surface area contributed by atoms with Crippen molar-refractivity contribution in [1.29, 1.82) is 0 Å². The Morgan fingerprint density at radius 3 is 2.81 bits per heavy atom. The van der Waals surface area contributed by atoms with Crippen LogP contribution in [0.4, 0.5) is 5.82 Å². The van der Waals surface area contributed by atoms with Gasteiger partial charge in [-0.2, -0.15) is 10.2 Å². The number of hydrogen-bond donors (Lipinski definition) is 2. The Labute approximate surface area is 155 Å². The molecule has 3 aromatic heterocycles. The van der Waals surface area contributed by atoms with Crippen LogP contribution in [0.1, 0.15) is 0 Å². The second-order valence-electron chi connectivity index (χ2n) is 6.81. The fourth-order valence-corrected chi connectivity index (χ4v) is 3.61. The highest BCUT2D eigenvalue weighted by Gasteiger charge is 2.14. The van der Waals surface area contributed by atoms with Crippen LogP contribution < -0.4 is 5.73 Å². The number of nitrogens with two attached hydrogens (primary N) is 1. The number of aromatic nitrogens is 5. The zero-order chi connectivity index (χ0) is 18.2. The van der Waals surface area contributed by atoms with Crippen LogP contribution in [0.5, 0.6) is 0 Å². The largest absolute Gasteiger partial charge is 0.382 e. The van der Waals surface area contributed by atoms with Gasteiger partial charge in [0.05, 0.1) is 31.0 Å². The molecule has 0 unspecified atom stereocenters. The molecular formula is C19H21N7O. The molecule has 138 valence electrons. The first kappa shape index (κ1) is 16.2. The molecule has 0 spiro atoms. The van der Waals surface area contributed by atoms with E-state index < -0.39 is 0 Å². The summed E-state index contributed by atoms with van der Waals surface area (Å²) in [5.74, 6) is 0.462. The highest BCUT2D eigenvalue weighted by molar-refractivity contribution is 6.08. The minimum Gasteiger partial charge on any atom is -0.382 e. The highest BCUT2D eigenvalue weighted by Crippen LogP contribution is 2.29. The number of nitrogen functional groups attached to an aromatic ring is 1. The molecule has 27 heavy (non-hydrogen) atoms. The van der Waals surface area contributed by atoms with E-state index in [0.29, 0.717) is 5.82 Å². The van der Waals surface area contributed by atoms with Crippen LogP contribution in [0.3, 0.4) is 0 Å². The number of anilines is 1. The zero-order valence-corrected chi connectivity index (χ0v) is 14.9. The lowest BCUT2D eigenvalue weighted by molar-refractivity contribution is 0.0360. The minimum atomic E-state index is 0.462. The Kier molecular flexibility index (Phi) is 3.99. The van der Waals surface area contributed by atoms with Gasteiger partial charge in [0.1, 0.15) is 5.52 Å². The van der Waals surface area contributed by atoms with Gasteiger partial charge in [-0.1, -0.05) is 12.1 Å². The van der Waals surface area contributed by atoms with Gasteiger partial charge in [0.25, 0.3) is 0 Å². The number of hydrogen-bond acceptors (Lipinski definition) is 6. The lowest BCUT2D eigenvalue weighted by Gasteiger charge is -2.26. The van der Waals surface area contributed by atoms with Gasteiger partial charge in [-0.25, -0.2) is 4.98 Å².